The first-order valence-corrected chi connectivity index (χ1v) is 6.44. The molecule has 0 heterocycles. The number of nitrogens with two attached hydrogens (primary N) is 2. The molecule has 0 bridgehead atoms. The molecule has 0 aliphatic rings. The summed E-state index contributed by atoms with van der Waals surface area (Å²) in [7, 11) is 0. The number of benzene rings is 1. The normalized spacial score (nSPS) is 10.8. The molecule has 0 radical (unpaired) electrons. The van der Waals surface area contributed by atoms with Crippen molar-refractivity contribution in [2.24, 2.45) is 11.5 Å². The molecule has 4 nitrogen and oxygen atoms in total. The van der Waals surface area contributed by atoms with Crippen molar-refractivity contribution < 1.29 is 4.79 Å². The average Bonchev–Trinajstić information content (AvgIpc) is 2.36. The third-order valence-corrected chi connectivity index (χ3v) is 2.87. The fourth-order valence-corrected chi connectivity index (χ4v) is 1.86. The van der Waals surface area contributed by atoms with Crippen LogP contribution in [0.5, 0.6) is 0 Å². The van der Waals surface area contributed by atoms with E-state index in [2.05, 4.69) is 24.0 Å². The molecular formula is C14H23N3O. The molecule has 18 heavy (non-hydrogen) atoms. The molecule has 0 aromatic heterocycles. The Kier molecular flexibility index (Phi) is 6.39. The Morgan fingerprint density at radius 3 is 2.33 bits per heavy atom. The van der Waals surface area contributed by atoms with Crippen molar-refractivity contribution in [1.29, 1.82) is 0 Å². The molecule has 1 aromatic carbocycles. The fraction of sp³-hybridized carbons (Fsp3) is 0.500. The Morgan fingerprint density at radius 2 is 1.83 bits per heavy atom. The number of hydrogen-bond acceptors (Lipinski definition) is 3. The van der Waals surface area contributed by atoms with E-state index >= 15 is 0 Å². The summed E-state index contributed by atoms with van der Waals surface area (Å²) in [5.41, 5.74) is 13.1. The highest BCUT2D eigenvalue weighted by Crippen LogP contribution is 2.08. The van der Waals surface area contributed by atoms with Crippen molar-refractivity contribution in [3.63, 3.8) is 0 Å². The van der Waals surface area contributed by atoms with Crippen LogP contribution in [0.15, 0.2) is 24.3 Å². The van der Waals surface area contributed by atoms with Crippen LogP contribution in [0.4, 0.5) is 0 Å². The molecule has 0 saturated carbocycles. The average molecular weight is 249 g/mol. The number of rotatable bonds is 8. The molecule has 0 aliphatic carbocycles. The van der Waals surface area contributed by atoms with E-state index in [0.29, 0.717) is 13.1 Å². The molecule has 0 spiro atoms. The van der Waals surface area contributed by atoms with Gasteiger partial charge in [-0.25, -0.2) is 0 Å². The maximum absolute atomic E-state index is 11.0. The summed E-state index contributed by atoms with van der Waals surface area (Å²) >= 11 is 0. The SMILES string of the molecule is CCCCN(CC(N)=O)Cc1ccc(CN)cc1. The fourth-order valence-electron chi connectivity index (χ4n) is 1.86. The number of primary amides is 1. The quantitative estimate of drug-likeness (QED) is 0.728. The highest BCUT2D eigenvalue weighted by Gasteiger charge is 2.08. The lowest BCUT2D eigenvalue weighted by Crippen LogP contribution is -2.34. The van der Waals surface area contributed by atoms with Gasteiger partial charge >= 0.3 is 0 Å². The summed E-state index contributed by atoms with van der Waals surface area (Å²) in [4.78, 5) is 13.1. The highest BCUT2D eigenvalue weighted by molar-refractivity contribution is 5.75. The van der Waals surface area contributed by atoms with Crippen LogP contribution in [0.1, 0.15) is 30.9 Å². The number of carbonyl (C=O) groups is 1. The third kappa shape index (κ3) is 5.29. The van der Waals surface area contributed by atoms with Gasteiger partial charge < -0.3 is 11.5 Å². The van der Waals surface area contributed by atoms with E-state index in [9.17, 15) is 4.79 Å². The van der Waals surface area contributed by atoms with Crippen LogP contribution >= 0.6 is 0 Å². The van der Waals surface area contributed by atoms with Crippen LogP contribution in [-0.4, -0.2) is 23.9 Å². The molecule has 4 heteroatoms. The predicted octanol–water partition coefficient (Wildman–Crippen LogP) is 1.23. The number of carbonyl (C=O) groups excluding carboxylic acids is 1. The molecule has 1 rings (SSSR count). The minimum absolute atomic E-state index is 0.273. The van der Waals surface area contributed by atoms with Crippen molar-refractivity contribution in [2.45, 2.75) is 32.9 Å². The smallest absolute Gasteiger partial charge is 0.231 e. The van der Waals surface area contributed by atoms with Gasteiger partial charge in [-0.15, -0.1) is 0 Å². The second kappa shape index (κ2) is 7.84. The van der Waals surface area contributed by atoms with E-state index in [4.69, 9.17) is 11.5 Å². The van der Waals surface area contributed by atoms with E-state index in [1.165, 1.54) is 5.56 Å². The summed E-state index contributed by atoms with van der Waals surface area (Å²) in [6.07, 6.45) is 2.19. The van der Waals surface area contributed by atoms with Crippen LogP contribution in [0.3, 0.4) is 0 Å². The van der Waals surface area contributed by atoms with Crippen molar-refractivity contribution in [3.05, 3.63) is 35.4 Å². The van der Waals surface area contributed by atoms with Crippen LogP contribution in [-0.2, 0) is 17.9 Å². The van der Waals surface area contributed by atoms with E-state index in [1.807, 2.05) is 12.1 Å². The van der Waals surface area contributed by atoms with Gasteiger partial charge in [-0.1, -0.05) is 37.6 Å². The molecule has 0 unspecified atom stereocenters. The maximum Gasteiger partial charge on any atom is 0.231 e. The Labute approximate surface area is 109 Å². The van der Waals surface area contributed by atoms with E-state index in [1.54, 1.807) is 0 Å². The second-order valence-electron chi connectivity index (χ2n) is 4.55. The monoisotopic (exact) mass is 249 g/mol. The van der Waals surface area contributed by atoms with Crippen molar-refractivity contribution in [3.8, 4) is 0 Å². The summed E-state index contributed by atoms with van der Waals surface area (Å²) < 4.78 is 0. The van der Waals surface area contributed by atoms with Crippen LogP contribution in [0.2, 0.25) is 0 Å². The van der Waals surface area contributed by atoms with E-state index in [0.717, 1.165) is 31.5 Å². The van der Waals surface area contributed by atoms with Crippen molar-refractivity contribution >= 4 is 5.91 Å². The van der Waals surface area contributed by atoms with Gasteiger partial charge in [0, 0.05) is 13.1 Å². The van der Waals surface area contributed by atoms with E-state index in [-0.39, 0.29) is 5.91 Å². The molecule has 1 aromatic rings. The van der Waals surface area contributed by atoms with Gasteiger partial charge in [-0.3, -0.25) is 9.69 Å². The number of hydrogen-bond donors (Lipinski definition) is 2. The lowest BCUT2D eigenvalue weighted by molar-refractivity contribution is -0.119. The lowest BCUT2D eigenvalue weighted by Gasteiger charge is -2.20. The molecule has 1 amide bonds. The van der Waals surface area contributed by atoms with Crippen LogP contribution < -0.4 is 11.5 Å². The Morgan fingerprint density at radius 1 is 1.22 bits per heavy atom. The Bertz CT molecular complexity index is 362. The van der Waals surface area contributed by atoms with Gasteiger partial charge in [0.05, 0.1) is 6.54 Å². The maximum atomic E-state index is 11.0. The molecular weight excluding hydrogens is 226 g/mol. The second-order valence-corrected chi connectivity index (χ2v) is 4.55. The van der Waals surface area contributed by atoms with Crippen LogP contribution in [0, 0.1) is 0 Å². The third-order valence-electron chi connectivity index (χ3n) is 2.87. The zero-order valence-corrected chi connectivity index (χ0v) is 11.1. The minimum Gasteiger partial charge on any atom is -0.369 e. The van der Waals surface area contributed by atoms with E-state index < -0.39 is 0 Å². The Hall–Kier alpha value is -1.39. The largest absolute Gasteiger partial charge is 0.369 e. The van der Waals surface area contributed by atoms with Gasteiger partial charge in [0.1, 0.15) is 0 Å². The van der Waals surface area contributed by atoms with Gasteiger partial charge in [-0.2, -0.15) is 0 Å². The van der Waals surface area contributed by atoms with Crippen molar-refractivity contribution in [1.82, 2.24) is 4.90 Å². The summed E-state index contributed by atoms with van der Waals surface area (Å²) in [6.45, 7) is 4.67. The minimum atomic E-state index is -0.273. The summed E-state index contributed by atoms with van der Waals surface area (Å²) in [6, 6.07) is 8.17. The zero-order valence-electron chi connectivity index (χ0n) is 11.1. The molecule has 100 valence electrons. The van der Waals surface area contributed by atoms with Crippen LogP contribution in [0.25, 0.3) is 0 Å². The highest BCUT2D eigenvalue weighted by atomic mass is 16.1. The molecule has 0 aliphatic heterocycles. The molecule has 0 fully saturated rings. The number of nitrogens with zero attached hydrogens (tertiary/aromatic N) is 1. The number of unbranched alkanes of at least 4 members (excludes halogenated alkanes) is 1. The Balaban J connectivity index is 2.59. The summed E-state index contributed by atoms with van der Waals surface area (Å²) in [5.74, 6) is -0.273. The van der Waals surface area contributed by atoms with Crippen molar-refractivity contribution in [2.75, 3.05) is 13.1 Å². The molecule has 0 saturated heterocycles. The first kappa shape index (κ1) is 14.7. The van der Waals surface area contributed by atoms with Gasteiger partial charge in [0.2, 0.25) is 5.91 Å². The first-order valence-electron chi connectivity index (χ1n) is 6.44. The zero-order chi connectivity index (χ0) is 13.4. The lowest BCUT2D eigenvalue weighted by atomic mass is 10.1. The van der Waals surface area contributed by atoms with Gasteiger partial charge in [0.15, 0.2) is 0 Å². The first-order chi connectivity index (χ1) is 8.65. The summed E-state index contributed by atoms with van der Waals surface area (Å²) in [5, 5.41) is 0. The van der Waals surface area contributed by atoms with Gasteiger partial charge in [0.25, 0.3) is 0 Å². The predicted molar refractivity (Wildman–Crippen MR) is 73.7 cm³/mol. The topological polar surface area (TPSA) is 72.3 Å². The van der Waals surface area contributed by atoms with Gasteiger partial charge in [-0.05, 0) is 24.1 Å². The number of amides is 1. The molecule has 0 atom stereocenters. The molecule has 4 N–H and O–H groups in total. The standard InChI is InChI=1S/C14H23N3O/c1-2-3-8-17(11-14(16)18)10-13-6-4-12(9-15)5-7-13/h4-7H,2-3,8-11,15H2,1H3,(H2,16,18).